The summed E-state index contributed by atoms with van der Waals surface area (Å²) in [6.07, 6.45) is -2.18. The fraction of sp³-hybridized carbons (Fsp3) is 0.692. The molecule has 19 heavy (non-hydrogen) atoms. The average molecular weight is 299 g/mol. The van der Waals surface area contributed by atoms with E-state index in [1.54, 1.807) is 0 Å². The first kappa shape index (κ1) is 16.2. The lowest BCUT2D eigenvalue weighted by Crippen LogP contribution is -2.16. The third-order valence-electron chi connectivity index (χ3n) is 3.26. The number of ether oxygens (including phenoxy) is 2. The highest BCUT2D eigenvalue weighted by atomic mass is 35.5. The van der Waals surface area contributed by atoms with Crippen LogP contribution < -0.4 is 0 Å². The second-order valence-corrected chi connectivity index (χ2v) is 6.18. The number of hydrogen-bond acceptors (Lipinski definition) is 2. The standard InChI is InChI=1S/C13H18ClF3O2/c1-9(5-10(2)19-8-13(15,16)17)18-7-11(3)6-12(11,4)14/h5H,1,6-8H2,2-4H3/b10-5+. The molecule has 6 heteroatoms. The van der Waals surface area contributed by atoms with Crippen LogP contribution in [0.15, 0.2) is 24.2 Å². The highest BCUT2D eigenvalue weighted by molar-refractivity contribution is 6.26. The van der Waals surface area contributed by atoms with Crippen molar-refractivity contribution in [3.63, 3.8) is 0 Å². The van der Waals surface area contributed by atoms with Gasteiger partial charge in [-0.3, -0.25) is 0 Å². The Morgan fingerprint density at radius 3 is 2.32 bits per heavy atom. The molecule has 1 aliphatic carbocycles. The van der Waals surface area contributed by atoms with Gasteiger partial charge in [0.2, 0.25) is 0 Å². The van der Waals surface area contributed by atoms with Crippen molar-refractivity contribution in [1.82, 2.24) is 0 Å². The summed E-state index contributed by atoms with van der Waals surface area (Å²) >= 11 is 6.16. The molecule has 0 aromatic carbocycles. The van der Waals surface area contributed by atoms with Gasteiger partial charge in [0.15, 0.2) is 6.61 Å². The molecule has 0 saturated heterocycles. The van der Waals surface area contributed by atoms with Gasteiger partial charge in [-0.05, 0) is 20.3 Å². The lowest BCUT2D eigenvalue weighted by molar-refractivity contribution is -0.164. The number of rotatable bonds is 6. The van der Waals surface area contributed by atoms with Crippen molar-refractivity contribution in [3.8, 4) is 0 Å². The second-order valence-electron chi connectivity index (χ2n) is 5.35. The Labute approximate surface area is 116 Å². The first-order valence-corrected chi connectivity index (χ1v) is 6.21. The maximum Gasteiger partial charge on any atom is 0.422 e. The molecule has 2 atom stereocenters. The molecule has 2 unspecified atom stereocenters. The zero-order valence-corrected chi connectivity index (χ0v) is 12.0. The Morgan fingerprint density at radius 1 is 1.37 bits per heavy atom. The van der Waals surface area contributed by atoms with Gasteiger partial charge >= 0.3 is 6.18 Å². The summed E-state index contributed by atoms with van der Waals surface area (Å²) in [6.45, 7) is 8.02. The van der Waals surface area contributed by atoms with Crippen LogP contribution in [0.3, 0.4) is 0 Å². The number of hydrogen-bond donors (Lipinski definition) is 0. The second kappa shape index (κ2) is 5.27. The SMILES string of the molecule is C=C(/C=C(\C)OCC(F)(F)F)OCC1(C)CC1(C)Cl. The van der Waals surface area contributed by atoms with Crippen LogP contribution in [0.4, 0.5) is 13.2 Å². The van der Waals surface area contributed by atoms with Crippen molar-refractivity contribution < 1.29 is 22.6 Å². The zero-order chi connectivity index (χ0) is 14.9. The van der Waals surface area contributed by atoms with Crippen LogP contribution in [0.2, 0.25) is 0 Å². The minimum absolute atomic E-state index is 0.108. The summed E-state index contributed by atoms with van der Waals surface area (Å²) in [4.78, 5) is -0.279. The van der Waals surface area contributed by atoms with E-state index < -0.39 is 12.8 Å². The van der Waals surface area contributed by atoms with Crippen LogP contribution >= 0.6 is 11.6 Å². The Hall–Kier alpha value is -0.840. The van der Waals surface area contributed by atoms with Crippen molar-refractivity contribution in [2.24, 2.45) is 5.41 Å². The Morgan fingerprint density at radius 2 is 1.89 bits per heavy atom. The van der Waals surface area contributed by atoms with Crippen molar-refractivity contribution >= 4 is 11.6 Å². The van der Waals surface area contributed by atoms with Gasteiger partial charge in [0.05, 0.1) is 17.2 Å². The van der Waals surface area contributed by atoms with E-state index in [9.17, 15) is 13.2 Å². The van der Waals surface area contributed by atoms with E-state index in [2.05, 4.69) is 11.3 Å². The Bertz CT molecular complexity index is 388. The van der Waals surface area contributed by atoms with Crippen molar-refractivity contribution in [2.75, 3.05) is 13.2 Å². The first-order chi connectivity index (χ1) is 8.45. The van der Waals surface area contributed by atoms with E-state index in [1.165, 1.54) is 13.0 Å². The minimum Gasteiger partial charge on any atom is -0.493 e. The summed E-state index contributed by atoms with van der Waals surface area (Å²) < 4.78 is 45.7. The maximum absolute atomic E-state index is 11.9. The first-order valence-electron chi connectivity index (χ1n) is 5.84. The predicted octanol–water partition coefficient (Wildman–Crippen LogP) is 4.41. The van der Waals surface area contributed by atoms with Gasteiger partial charge in [-0.1, -0.05) is 13.5 Å². The van der Waals surface area contributed by atoms with Gasteiger partial charge in [0.25, 0.3) is 0 Å². The van der Waals surface area contributed by atoms with Gasteiger partial charge in [-0.15, -0.1) is 11.6 Å². The van der Waals surface area contributed by atoms with Gasteiger partial charge in [-0.2, -0.15) is 13.2 Å². The lowest BCUT2D eigenvalue weighted by Gasteiger charge is -2.15. The Balaban J connectivity index is 2.34. The van der Waals surface area contributed by atoms with Gasteiger partial charge in [-0.25, -0.2) is 0 Å². The monoisotopic (exact) mass is 298 g/mol. The highest BCUT2D eigenvalue weighted by Gasteiger charge is 2.60. The summed E-state index contributed by atoms with van der Waals surface area (Å²) in [6, 6.07) is 0. The molecule has 0 aromatic rings. The molecular weight excluding hydrogens is 281 g/mol. The fourth-order valence-corrected chi connectivity index (χ4v) is 2.00. The van der Waals surface area contributed by atoms with Crippen LogP contribution in [-0.4, -0.2) is 24.3 Å². The summed E-state index contributed by atoms with van der Waals surface area (Å²) in [7, 11) is 0. The third kappa shape index (κ3) is 4.97. The average Bonchev–Trinajstić information content (AvgIpc) is 2.72. The zero-order valence-electron chi connectivity index (χ0n) is 11.2. The normalized spacial score (nSPS) is 31.0. The van der Waals surface area contributed by atoms with Crippen molar-refractivity contribution in [2.45, 2.75) is 38.2 Å². The molecule has 1 saturated carbocycles. The number of allylic oxidation sites excluding steroid dienone is 2. The predicted molar refractivity (Wildman–Crippen MR) is 67.8 cm³/mol. The molecule has 1 aliphatic rings. The third-order valence-corrected chi connectivity index (χ3v) is 3.85. The van der Waals surface area contributed by atoms with Crippen LogP contribution in [0.5, 0.6) is 0 Å². The molecule has 0 N–H and O–H groups in total. The lowest BCUT2D eigenvalue weighted by atomic mass is 10.1. The van der Waals surface area contributed by atoms with Gasteiger partial charge in [0, 0.05) is 11.5 Å². The van der Waals surface area contributed by atoms with E-state index in [1.807, 2.05) is 13.8 Å². The molecule has 110 valence electrons. The van der Waals surface area contributed by atoms with E-state index in [0.29, 0.717) is 6.61 Å². The molecule has 0 bridgehead atoms. The van der Waals surface area contributed by atoms with Crippen LogP contribution in [-0.2, 0) is 9.47 Å². The number of alkyl halides is 4. The van der Waals surface area contributed by atoms with Crippen molar-refractivity contribution in [1.29, 1.82) is 0 Å². The van der Waals surface area contributed by atoms with Crippen LogP contribution in [0.25, 0.3) is 0 Å². The Kier molecular flexibility index (Phi) is 4.50. The summed E-state index contributed by atoms with van der Waals surface area (Å²) in [5.74, 6) is 0.372. The van der Waals surface area contributed by atoms with E-state index >= 15 is 0 Å². The van der Waals surface area contributed by atoms with E-state index in [0.717, 1.165) is 6.42 Å². The molecule has 0 aromatic heterocycles. The highest BCUT2D eigenvalue weighted by Crippen LogP contribution is 2.60. The smallest absolute Gasteiger partial charge is 0.422 e. The fourth-order valence-electron chi connectivity index (χ4n) is 1.65. The minimum atomic E-state index is -4.35. The van der Waals surface area contributed by atoms with Gasteiger partial charge < -0.3 is 9.47 Å². The quantitative estimate of drug-likeness (QED) is 0.411. The van der Waals surface area contributed by atoms with E-state index in [-0.39, 0.29) is 21.8 Å². The molecule has 0 spiro atoms. The molecule has 0 amide bonds. The molecule has 0 heterocycles. The molecule has 0 aliphatic heterocycles. The summed E-state index contributed by atoms with van der Waals surface area (Å²) in [5.41, 5.74) is -0.119. The summed E-state index contributed by atoms with van der Waals surface area (Å²) in [5, 5.41) is 0. The molecular formula is C13H18ClF3O2. The molecule has 2 nitrogen and oxygen atoms in total. The van der Waals surface area contributed by atoms with Gasteiger partial charge in [0.1, 0.15) is 5.76 Å². The van der Waals surface area contributed by atoms with Crippen molar-refractivity contribution in [3.05, 3.63) is 24.2 Å². The van der Waals surface area contributed by atoms with Crippen LogP contribution in [0, 0.1) is 5.41 Å². The topological polar surface area (TPSA) is 18.5 Å². The molecule has 0 radical (unpaired) electrons. The molecule has 1 fully saturated rings. The van der Waals surface area contributed by atoms with Crippen LogP contribution in [0.1, 0.15) is 27.2 Å². The van der Waals surface area contributed by atoms with E-state index in [4.69, 9.17) is 16.3 Å². The largest absolute Gasteiger partial charge is 0.493 e. The molecule has 1 rings (SSSR count). The maximum atomic E-state index is 11.9. The number of halogens is 4.